The van der Waals surface area contributed by atoms with Crippen molar-refractivity contribution in [3.63, 3.8) is 0 Å². The normalized spacial score (nSPS) is 15.7. The van der Waals surface area contributed by atoms with Gasteiger partial charge in [-0.1, -0.05) is 78.9 Å². The van der Waals surface area contributed by atoms with Gasteiger partial charge in [-0.15, -0.1) is 0 Å². The van der Waals surface area contributed by atoms with Gasteiger partial charge in [0, 0.05) is 39.3 Å². The van der Waals surface area contributed by atoms with Crippen LogP contribution in [-0.4, -0.2) is 10.6 Å². The zero-order chi connectivity index (χ0) is 33.8. The molecule has 6 aromatic carbocycles. The van der Waals surface area contributed by atoms with E-state index in [1.54, 1.807) is 0 Å². The van der Waals surface area contributed by atoms with Crippen molar-refractivity contribution in [3.8, 4) is 46.1 Å². The van der Waals surface area contributed by atoms with E-state index >= 15 is 0 Å². The summed E-state index contributed by atoms with van der Waals surface area (Å²) in [5.41, 5.74) is 12.1. The van der Waals surface area contributed by atoms with Gasteiger partial charge < -0.3 is 9.47 Å². The van der Waals surface area contributed by atoms with Crippen molar-refractivity contribution in [3.05, 3.63) is 174 Å². The highest BCUT2D eigenvalue weighted by atomic mass is 15.2. The van der Waals surface area contributed by atoms with E-state index in [-0.39, 0.29) is 12.0 Å². The Labute approximate surface area is 289 Å². The smallest absolute Gasteiger partial charge is 0.0998 e. The van der Waals surface area contributed by atoms with Gasteiger partial charge in [0.1, 0.15) is 0 Å². The van der Waals surface area contributed by atoms with Crippen LogP contribution in [0.25, 0.3) is 49.7 Å². The summed E-state index contributed by atoms with van der Waals surface area (Å²) in [5.74, 6) is 0.276. The van der Waals surface area contributed by atoms with Crippen molar-refractivity contribution >= 4 is 33.2 Å². The van der Waals surface area contributed by atoms with E-state index < -0.39 is 0 Å². The third kappa shape index (κ3) is 4.45. The average molecular weight is 638 g/mol. The lowest BCUT2D eigenvalue weighted by molar-refractivity contribution is 0.745. The van der Waals surface area contributed by atoms with Crippen LogP contribution < -0.4 is 4.90 Å². The summed E-state index contributed by atoms with van der Waals surface area (Å²) >= 11 is 0. The highest BCUT2D eigenvalue weighted by Gasteiger charge is 2.37. The minimum absolute atomic E-state index is 0.168. The van der Waals surface area contributed by atoms with Crippen molar-refractivity contribution in [2.75, 3.05) is 4.90 Å². The first-order chi connectivity index (χ1) is 24.7. The summed E-state index contributed by atoms with van der Waals surface area (Å²) in [6.07, 6.45) is 8.83. The number of hydrogen-bond acceptors (Lipinski definition) is 4. The number of benzene rings is 6. The molecule has 5 heteroatoms. The first-order valence-corrected chi connectivity index (χ1v) is 16.5. The summed E-state index contributed by atoms with van der Waals surface area (Å²) in [5, 5.41) is 31.4. The molecule has 0 N–H and O–H groups in total. The molecule has 1 aromatic heterocycles. The largest absolute Gasteiger partial charge is 0.333 e. The zero-order valence-corrected chi connectivity index (χ0v) is 26.8. The van der Waals surface area contributed by atoms with Crippen molar-refractivity contribution < 1.29 is 0 Å². The summed E-state index contributed by atoms with van der Waals surface area (Å²) in [4.78, 5) is 2.44. The van der Waals surface area contributed by atoms with Crippen molar-refractivity contribution in [2.45, 2.75) is 12.0 Å². The van der Waals surface area contributed by atoms with Crippen LogP contribution in [0.3, 0.4) is 0 Å². The predicted molar refractivity (Wildman–Crippen MR) is 199 cm³/mol. The number of fused-ring (bicyclic) bond motifs is 6. The summed E-state index contributed by atoms with van der Waals surface area (Å²) < 4.78 is 2.14. The van der Waals surface area contributed by atoms with Crippen molar-refractivity contribution in [1.82, 2.24) is 4.57 Å². The number of nitrogens with zero attached hydrogens (tertiary/aromatic N) is 5. The number of nitriles is 3. The van der Waals surface area contributed by atoms with Crippen LogP contribution in [0.15, 0.2) is 152 Å². The molecule has 9 rings (SSSR count). The molecule has 7 aromatic rings. The van der Waals surface area contributed by atoms with Crippen LogP contribution in [-0.2, 0) is 0 Å². The Morgan fingerprint density at radius 1 is 0.540 bits per heavy atom. The molecule has 2 atom stereocenters. The number of hydrogen-bond donors (Lipinski definition) is 0. The highest BCUT2D eigenvalue weighted by molar-refractivity contribution is 6.12. The predicted octanol–water partition coefficient (Wildman–Crippen LogP) is 10.5. The third-order valence-electron chi connectivity index (χ3n) is 9.99. The molecule has 2 heterocycles. The molecular weight excluding hydrogens is 611 g/mol. The zero-order valence-electron chi connectivity index (χ0n) is 26.8. The Morgan fingerprint density at radius 3 is 2.12 bits per heavy atom. The molecule has 0 spiro atoms. The Kier molecular flexibility index (Phi) is 6.70. The quantitative estimate of drug-likeness (QED) is 0.192. The van der Waals surface area contributed by atoms with E-state index in [0.29, 0.717) is 16.7 Å². The molecule has 0 saturated heterocycles. The van der Waals surface area contributed by atoms with E-state index in [4.69, 9.17) is 0 Å². The summed E-state index contributed by atoms with van der Waals surface area (Å²) in [6, 6.07) is 50.0. The van der Waals surface area contributed by atoms with Crippen LogP contribution in [0.4, 0.5) is 11.4 Å². The van der Waals surface area contributed by atoms with Gasteiger partial charge in [-0.2, -0.15) is 15.8 Å². The van der Waals surface area contributed by atoms with Gasteiger partial charge in [0.05, 0.1) is 52.0 Å². The summed E-state index contributed by atoms with van der Waals surface area (Å²) in [6.45, 7) is 0. The summed E-state index contributed by atoms with van der Waals surface area (Å²) in [7, 11) is 0. The lowest BCUT2D eigenvalue weighted by Gasteiger charge is -2.30. The van der Waals surface area contributed by atoms with Gasteiger partial charge in [-0.05, 0) is 95.1 Å². The molecule has 0 saturated carbocycles. The molecule has 232 valence electrons. The maximum atomic E-state index is 10.2. The molecular formula is C45H27N5. The van der Waals surface area contributed by atoms with Gasteiger partial charge in [0.2, 0.25) is 0 Å². The maximum absolute atomic E-state index is 10.2. The van der Waals surface area contributed by atoms with Gasteiger partial charge in [0.15, 0.2) is 0 Å². The van der Waals surface area contributed by atoms with E-state index in [2.05, 4.69) is 131 Å². The molecule has 50 heavy (non-hydrogen) atoms. The molecule has 1 aliphatic carbocycles. The molecule has 0 bridgehead atoms. The standard InChI is InChI=1S/C45H27N5/c46-26-29-16-21-43-39(24-29)45-32(28-48)8-7-15-44(45)49(43)35-19-17-31(18-20-35)33-22-30(27-47)23-34(25-33)36-9-1-4-12-40(36)50-41-13-5-2-10-37(41)38-11-3-6-14-42(38)50/h1-25,37,41H. The minimum atomic E-state index is 0.168. The van der Waals surface area contributed by atoms with Crippen LogP contribution in [0, 0.1) is 34.0 Å². The molecule has 0 amide bonds. The van der Waals surface area contributed by atoms with E-state index in [9.17, 15) is 15.8 Å². The van der Waals surface area contributed by atoms with Crippen molar-refractivity contribution in [2.24, 2.45) is 0 Å². The van der Waals surface area contributed by atoms with E-state index in [1.165, 1.54) is 11.3 Å². The molecule has 5 nitrogen and oxygen atoms in total. The second-order valence-electron chi connectivity index (χ2n) is 12.7. The van der Waals surface area contributed by atoms with Crippen LogP contribution >= 0.6 is 0 Å². The lowest BCUT2D eigenvalue weighted by Crippen LogP contribution is -2.28. The van der Waals surface area contributed by atoms with Gasteiger partial charge in [0.25, 0.3) is 0 Å². The number of aromatic nitrogens is 1. The maximum Gasteiger partial charge on any atom is 0.0998 e. The Morgan fingerprint density at radius 2 is 1.30 bits per heavy atom. The fraction of sp³-hybridized carbons (Fsp3) is 0.0444. The second-order valence-corrected chi connectivity index (χ2v) is 12.7. The first kappa shape index (κ1) is 29.0. The number of rotatable bonds is 4. The number of anilines is 2. The van der Waals surface area contributed by atoms with Gasteiger partial charge >= 0.3 is 0 Å². The Balaban J connectivity index is 1.15. The molecule has 0 radical (unpaired) electrons. The third-order valence-corrected chi connectivity index (χ3v) is 9.99. The van der Waals surface area contributed by atoms with Crippen LogP contribution in [0.5, 0.6) is 0 Å². The van der Waals surface area contributed by atoms with Crippen LogP contribution in [0.1, 0.15) is 28.2 Å². The van der Waals surface area contributed by atoms with Gasteiger partial charge in [-0.3, -0.25) is 0 Å². The fourth-order valence-electron chi connectivity index (χ4n) is 7.83. The van der Waals surface area contributed by atoms with E-state index in [0.717, 1.165) is 55.4 Å². The Bertz CT molecular complexity index is 2710. The van der Waals surface area contributed by atoms with Crippen molar-refractivity contribution in [1.29, 1.82) is 15.8 Å². The number of allylic oxidation sites excluding steroid dienone is 2. The minimum Gasteiger partial charge on any atom is -0.333 e. The number of para-hydroxylation sites is 2. The molecule has 2 unspecified atom stereocenters. The molecule has 2 aliphatic rings. The first-order valence-electron chi connectivity index (χ1n) is 16.5. The lowest BCUT2D eigenvalue weighted by atomic mass is 9.91. The molecule has 1 aliphatic heterocycles. The topological polar surface area (TPSA) is 79.5 Å². The highest BCUT2D eigenvalue weighted by Crippen LogP contribution is 2.50. The van der Waals surface area contributed by atoms with Gasteiger partial charge in [-0.25, -0.2) is 0 Å². The second kappa shape index (κ2) is 11.5. The molecule has 0 fully saturated rings. The fourth-order valence-corrected chi connectivity index (χ4v) is 7.83. The SMILES string of the molecule is N#Cc1cc(-c2ccc(-n3c4ccc(C#N)cc4c4c(C#N)cccc43)cc2)cc(-c2ccccc2N2c3ccccc3C3C=CC=CC32)c1. The monoisotopic (exact) mass is 637 g/mol. The van der Waals surface area contributed by atoms with Crippen LogP contribution in [0.2, 0.25) is 0 Å². The Hall–Kier alpha value is -7.13. The average Bonchev–Trinajstić information content (AvgIpc) is 3.70. The van der Waals surface area contributed by atoms with E-state index in [1.807, 2.05) is 48.5 Å².